The molecular weight excluding hydrogens is 398 g/mol. The fourth-order valence-corrected chi connectivity index (χ4v) is 5.38. The van der Waals surface area contributed by atoms with Crippen molar-refractivity contribution in [3.63, 3.8) is 0 Å². The van der Waals surface area contributed by atoms with Gasteiger partial charge in [-0.1, -0.05) is 31.2 Å². The standard InChI is InChI=1S/C23H31N3O3S/c1-5-20-8-6-7-18(3)23(20)24-22(27)16-25-11-13-26(14-12-25)30(28,29)21-10-9-17(2)19(4)15-21/h6-10,15H,5,11-14,16H2,1-4H3,(H,24,27)/p+1. The number of piperazine rings is 1. The van der Waals surface area contributed by atoms with Gasteiger partial charge in [0.2, 0.25) is 10.0 Å². The van der Waals surface area contributed by atoms with E-state index in [4.69, 9.17) is 0 Å². The zero-order chi connectivity index (χ0) is 21.9. The van der Waals surface area contributed by atoms with Crippen molar-refractivity contribution in [3.05, 3.63) is 58.7 Å². The smallest absolute Gasteiger partial charge is 0.279 e. The number of carbonyl (C=O) groups is 1. The molecular formula is C23H32N3O3S+. The van der Waals surface area contributed by atoms with E-state index in [1.807, 2.05) is 45.0 Å². The molecule has 0 atom stereocenters. The van der Waals surface area contributed by atoms with Gasteiger partial charge in [-0.25, -0.2) is 8.42 Å². The number of anilines is 1. The number of quaternary nitrogens is 1. The third-order valence-electron chi connectivity index (χ3n) is 5.96. The highest BCUT2D eigenvalue weighted by Crippen LogP contribution is 2.21. The van der Waals surface area contributed by atoms with Gasteiger partial charge in [-0.15, -0.1) is 0 Å². The van der Waals surface area contributed by atoms with Gasteiger partial charge in [-0.05, 0) is 61.6 Å². The molecule has 1 amide bonds. The van der Waals surface area contributed by atoms with Crippen LogP contribution < -0.4 is 10.2 Å². The first-order valence-corrected chi connectivity index (χ1v) is 12.0. The largest absolute Gasteiger partial charge is 0.325 e. The van der Waals surface area contributed by atoms with Gasteiger partial charge in [0.15, 0.2) is 6.54 Å². The number of carbonyl (C=O) groups excluding carboxylic acids is 1. The summed E-state index contributed by atoms with van der Waals surface area (Å²) in [4.78, 5) is 14.1. The van der Waals surface area contributed by atoms with Crippen molar-refractivity contribution in [1.82, 2.24) is 4.31 Å². The number of nitrogens with one attached hydrogen (secondary N) is 2. The normalized spacial score (nSPS) is 15.9. The quantitative estimate of drug-likeness (QED) is 0.733. The molecule has 1 fully saturated rings. The summed E-state index contributed by atoms with van der Waals surface area (Å²) in [5.41, 5.74) is 5.14. The number of benzene rings is 2. The van der Waals surface area contributed by atoms with E-state index in [1.165, 1.54) is 4.31 Å². The van der Waals surface area contributed by atoms with E-state index in [9.17, 15) is 13.2 Å². The van der Waals surface area contributed by atoms with Crippen LogP contribution in [0.15, 0.2) is 41.3 Å². The van der Waals surface area contributed by atoms with Crippen LogP contribution in [-0.4, -0.2) is 51.4 Å². The molecule has 3 rings (SSSR count). The fraction of sp³-hybridized carbons (Fsp3) is 0.435. The molecule has 1 saturated heterocycles. The third kappa shape index (κ3) is 4.91. The first-order chi connectivity index (χ1) is 14.2. The van der Waals surface area contributed by atoms with Gasteiger partial charge in [0.25, 0.3) is 5.91 Å². The molecule has 2 N–H and O–H groups in total. The number of aryl methyl sites for hydroxylation is 4. The van der Waals surface area contributed by atoms with Gasteiger partial charge >= 0.3 is 0 Å². The third-order valence-corrected chi connectivity index (χ3v) is 7.86. The summed E-state index contributed by atoms with van der Waals surface area (Å²) >= 11 is 0. The van der Waals surface area contributed by atoms with Gasteiger partial charge in [-0.3, -0.25) is 4.79 Å². The van der Waals surface area contributed by atoms with E-state index in [0.29, 0.717) is 37.6 Å². The molecule has 0 unspecified atom stereocenters. The Morgan fingerprint density at radius 2 is 1.73 bits per heavy atom. The second-order valence-corrected chi connectivity index (χ2v) is 10.0. The lowest BCUT2D eigenvalue weighted by Gasteiger charge is -2.31. The summed E-state index contributed by atoms with van der Waals surface area (Å²) in [7, 11) is -3.50. The molecule has 1 aliphatic rings. The van der Waals surface area contributed by atoms with E-state index in [-0.39, 0.29) is 5.91 Å². The van der Waals surface area contributed by atoms with Gasteiger partial charge < -0.3 is 10.2 Å². The Morgan fingerprint density at radius 1 is 1.03 bits per heavy atom. The maximum Gasteiger partial charge on any atom is 0.279 e. The molecule has 0 aromatic heterocycles. The molecule has 162 valence electrons. The molecule has 0 bridgehead atoms. The zero-order valence-corrected chi connectivity index (χ0v) is 19.1. The summed E-state index contributed by atoms with van der Waals surface area (Å²) < 4.78 is 27.5. The average Bonchev–Trinajstić information content (AvgIpc) is 2.71. The molecule has 0 spiro atoms. The molecule has 2 aromatic carbocycles. The summed E-state index contributed by atoms with van der Waals surface area (Å²) in [6.07, 6.45) is 0.860. The van der Waals surface area contributed by atoms with E-state index in [2.05, 4.69) is 12.2 Å². The van der Waals surface area contributed by atoms with E-state index in [0.717, 1.165) is 39.3 Å². The van der Waals surface area contributed by atoms with Crippen LogP contribution in [0.3, 0.4) is 0 Å². The van der Waals surface area contributed by atoms with Gasteiger partial charge in [-0.2, -0.15) is 4.31 Å². The number of hydrogen-bond acceptors (Lipinski definition) is 3. The van der Waals surface area contributed by atoms with E-state index >= 15 is 0 Å². The number of nitrogens with zero attached hydrogens (tertiary/aromatic N) is 1. The first-order valence-electron chi connectivity index (χ1n) is 10.5. The van der Waals surface area contributed by atoms with Crippen LogP contribution in [0.1, 0.15) is 29.2 Å². The fourth-order valence-electron chi connectivity index (χ4n) is 3.86. The van der Waals surface area contributed by atoms with E-state index in [1.54, 1.807) is 12.1 Å². The summed E-state index contributed by atoms with van der Waals surface area (Å²) in [6, 6.07) is 11.3. The topological polar surface area (TPSA) is 70.9 Å². The van der Waals surface area contributed by atoms with Crippen LogP contribution in [0.2, 0.25) is 0 Å². The van der Waals surface area contributed by atoms with Crippen LogP contribution in [-0.2, 0) is 21.2 Å². The van der Waals surface area contributed by atoms with Gasteiger partial charge in [0.05, 0.1) is 31.1 Å². The Hall–Kier alpha value is -2.22. The number of rotatable bonds is 6. The highest BCUT2D eigenvalue weighted by molar-refractivity contribution is 7.89. The second-order valence-electron chi connectivity index (χ2n) is 8.09. The molecule has 2 aromatic rings. The summed E-state index contributed by atoms with van der Waals surface area (Å²) in [5, 5.41) is 3.06. The Morgan fingerprint density at radius 3 is 2.37 bits per heavy atom. The summed E-state index contributed by atoms with van der Waals surface area (Å²) in [6.45, 7) is 10.4. The zero-order valence-electron chi connectivity index (χ0n) is 18.3. The molecule has 6 nitrogen and oxygen atoms in total. The van der Waals surface area contributed by atoms with Crippen molar-refractivity contribution in [2.75, 3.05) is 38.0 Å². The molecule has 30 heavy (non-hydrogen) atoms. The Labute approximate surface area is 179 Å². The molecule has 1 heterocycles. The minimum absolute atomic E-state index is 0.0283. The minimum Gasteiger partial charge on any atom is -0.325 e. The lowest BCUT2D eigenvalue weighted by molar-refractivity contribution is -0.895. The summed E-state index contributed by atoms with van der Waals surface area (Å²) in [5.74, 6) is -0.0283. The maximum absolute atomic E-state index is 13.0. The Balaban J connectivity index is 1.59. The van der Waals surface area contributed by atoms with Crippen molar-refractivity contribution in [1.29, 1.82) is 0 Å². The molecule has 7 heteroatoms. The average molecular weight is 431 g/mol. The number of para-hydroxylation sites is 1. The van der Waals surface area contributed by atoms with Crippen molar-refractivity contribution >= 4 is 21.6 Å². The predicted molar refractivity (Wildman–Crippen MR) is 119 cm³/mol. The monoisotopic (exact) mass is 430 g/mol. The number of hydrogen-bond donors (Lipinski definition) is 2. The van der Waals surface area contributed by atoms with Crippen LogP contribution in [0.25, 0.3) is 0 Å². The van der Waals surface area contributed by atoms with E-state index < -0.39 is 10.0 Å². The van der Waals surface area contributed by atoms with Crippen LogP contribution in [0.4, 0.5) is 5.69 Å². The van der Waals surface area contributed by atoms with Crippen LogP contribution >= 0.6 is 0 Å². The lowest BCUT2D eigenvalue weighted by Crippen LogP contribution is -3.15. The Bertz CT molecular complexity index is 1030. The minimum atomic E-state index is -3.50. The second kappa shape index (κ2) is 9.29. The Kier molecular flexibility index (Phi) is 6.95. The lowest BCUT2D eigenvalue weighted by atomic mass is 10.1. The number of amides is 1. The first kappa shape index (κ1) is 22.5. The molecule has 0 radical (unpaired) electrons. The van der Waals surface area contributed by atoms with Crippen molar-refractivity contribution in [2.24, 2.45) is 0 Å². The van der Waals surface area contributed by atoms with Crippen molar-refractivity contribution in [3.8, 4) is 0 Å². The molecule has 1 aliphatic heterocycles. The number of sulfonamides is 1. The SMILES string of the molecule is CCc1cccc(C)c1NC(=O)C[NH+]1CCN(S(=O)(=O)c2ccc(C)c(C)c2)CC1. The van der Waals surface area contributed by atoms with Crippen molar-refractivity contribution in [2.45, 2.75) is 39.0 Å². The van der Waals surface area contributed by atoms with Gasteiger partial charge in [0, 0.05) is 5.69 Å². The molecule has 0 aliphatic carbocycles. The maximum atomic E-state index is 13.0. The molecule has 0 saturated carbocycles. The highest BCUT2D eigenvalue weighted by Gasteiger charge is 2.31. The van der Waals surface area contributed by atoms with Gasteiger partial charge in [0.1, 0.15) is 0 Å². The highest BCUT2D eigenvalue weighted by atomic mass is 32.2. The van der Waals surface area contributed by atoms with Crippen molar-refractivity contribution < 1.29 is 18.1 Å². The predicted octanol–water partition coefficient (Wildman–Crippen LogP) is 1.70. The van der Waals surface area contributed by atoms with Crippen LogP contribution in [0.5, 0.6) is 0 Å². The van der Waals surface area contributed by atoms with Crippen LogP contribution in [0, 0.1) is 20.8 Å².